The molecular weight excluding hydrogens is 340 g/mol. The number of rotatable bonds is 7. The molecule has 0 bridgehead atoms. The Morgan fingerprint density at radius 3 is 2.48 bits per heavy atom. The molecular formula is C21H22N4O2. The van der Waals surface area contributed by atoms with Crippen LogP contribution in [0.1, 0.15) is 28.5 Å². The number of nitrogens with one attached hydrogen (secondary N) is 2. The van der Waals surface area contributed by atoms with Gasteiger partial charge in [-0.3, -0.25) is 4.79 Å². The molecule has 0 aliphatic carbocycles. The van der Waals surface area contributed by atoms with E-state index in [4.69, 9.17) is 4.74 Å². The average molecular weight is 362 g/mol. The molecule has 0 saturated carbocycles. The molecule has 0 aliphatic rings. The van der Waals surface area contributed by atoms with Gasteiger partial charge in [0.15, 0.2) is 0 Å². The van der Waals surface area contributed by atoms with Gasteiger partial charge in [-0.25, -0.2) is 9.97 Å². The highest BCUT2D eigenvalue weighted by molar-refractivity contribution is 6.03. The normalized spacial score (nSPS) is 10.3. The summed E-state index contributed by atoms with van der Waals surface area (Å²) in [6.07, 6.45) is 1.38. The van der Waals surface area contributed by atoms with Crippen molar-refractivity contribution in [1.82, 2.24) is 9.97 Å². The monoisotopic (exact) mass is 362 g/mol. The standard InChI is InChI=1S/C21H22N4O2/c1-3-27-18-10-8-17(9-11-18)25-21(26)19-12-20(24-14-23-19)22-13-16-6-4-15(2)5-7-16/h4-12,14H,3,13H2,1-2H3,(H,25,26)(H,22,23,24). The number of benzene rings is 2. The van der Waals surface area contributed by atoms with Crippen molar-refractivity contribution in [3.05, 3.63) is 77.7 Å². The lowest BCUT2D eigenvalue weighted by molar-refractivity contribution is 0.102. The molecule has 0 atom stereocenters. The maximum Gasteiger partial charge on any atom is 0.274 e. The first-order valence-electron chi connectivity index (χ1n) is 8.79. The molecule has 2 aromatic carbocycles. The Bertz CT molecular complexity index is 893. The Hall–Kier alpha value is -3.41. The number of carbonyl (C=O) groups is 1. The van der Waals surface area contributed by atoms with Crippen LogP contribution < -0.4 is 15.4 Å². The van der Waals surface area contributed by atoms with Crippen molar-refractivity contribution in [2.45, 2.75) is 20.4 Å². The highest BCUT2D eigenvalue weighted by atomic mass is 16.5. The number of aryl methyl sites for hydroxylation is 1. The zero-order chi connectivity index (χ0) is 19.1. The fourth-order valence-electron chi connectivity index (χ4n) is 2.47. The van der Waals surface area contributed by atoms with E-state index in [0.29, 0.717) is 30.4 Å². The van der Waals surface area contributed by atoms with Gasteiger partial charge in [0.2, 0.25) is 0 Å². The van der Waals surface area contributed by atoms with Crippen LogP contribution in [-0.2, 0) is 6.54 Å². The van der Waals surface area contributed by atoms with E-state index in [2.05, 4.69) is 51.8 Å². The SMILES string of the molecule is CCOc1ccc(NC(=O)c2cc(NCc3ccc(C)cc3)ncn2)cc1. The number of ether oxygens (including phenoxy) is 1. The lowest BCUT2D eigenvalue weighted by Crippen LogP contribution is -2.14. The zero-order valence-electron chi connectivity index (χ0n) is 15.4. The summed E-state index contributed by atoms with van der Waals surface area (Å²) in [5.41, 5.74) is 3.33. The predicted molar refractivity (Wildman–Crippen MR) is 106 cm³/mol. The van der Waals surface area contributed by atoms with Crippen molar-refractivity contribution in [2.75, 3.05) is 17.2 Å². The van der Waals surface area contributed by atoms with E-state index in [1.54, 1.807) is 18.2 Å². The third-order valence-electron chi connectivity index (χ3n) is 3.92. The second kappa shape index (κ2) is 8.80. The minimum Gasteiger partial charge on any atom is -0.494 e. The minimum absolute atomic E-state index is 0.292. The second-order valence-electron chi connectivity index (χ2n) is 6.04. The number of anilines is 2. The summed E-state index contributed by atoms with van der Waals surface area (Å²) in [6, 6.07) is 17.1. The van der Waals surface area contributed by atoms with Crippen molar-refractivity contribution in [3.63, 3.8) is 0 Å². The predicted octanol–water partition coefficient (Wildman–Crippen LogP) is 4.05. The van der Waals surface area contributed by atoms with Gasteiger partial charge in [-0.05, 0) is 43.7 Å². The van der Waals surface area contributed by atoms with E-state index in [0.717, 1.165) is 11.3 Å². The number of hydrogen-bond acceptors (Lipinski definition) is 5. The fourth-order valence-corrected chi connectivity index (χ4v) is 2.47. The number of nitrogens with zero attached hydrogens (tertiary/aromatic N) is 2. The Kier molecular flexibility index (Phi) is 5.99. The summed E-state index contributed by atoms with van der Waals surface area (Å²) in [5.74, 6) is 1.07. The number of amides is 1. The molecule has 0 fully saturated rings. The molecule has 3 rings (SSSR count). The van der Waals surface area contributed by atoms with Crippen LogP contribution in [0.5, 0.6) is 5.75 Å². The number of aromatic nitrogens is 2. The zero-order valence-corrected chi connectivity index (χ0v) is 15.4. The van der Waals surface area contributed by atoms with Gasteiger partial charge in [-0.1, -0.05) is 29.8 Å². The van der Waals surface area contributed by atoms with Crippen molar-refractivity contribution in [1.29, 1.82) is 0 Å². The van der Waals surface area contributed by atoms with Crippen molar-refractivity contribution < 1.29 is 9.53 Å². The summed E-state index contributed by atoms with van der Waals surface area (Å²) < 4.78 is 5.39. The van der Waals surface area contributed by atoms with E-state index in [-0.39, 0.29) is 5.91 Å². The van der Waals surface area contributed by atoms with E-state index < -0.39 is 0 Å². The maximum atomic E-state index is 12.4. The highest BCUT2D eigenvalue weighted by Gasteiger charge is 2.09. The van der Waals surface area contributed by atoms with Gasteiger partial charge < -0.3 is 15.4 Å². The molecule has 1 heterocycles. The van der Waals surface area contributed by atoms with Gasteiger partial charge in [0.05, 0.1) is 6.61 Å². The summed E-state index contributed by atoms with van der Waals surface area (Å²) in [6.45, 7) is 5.20. The lowest BCUT2D eigenvalue weighted by atomic mass is 10.1. The van der Waals surface area contributed by atoms with Gasteiger partial charge in [0.1, 0.15) is 23.6 Å². The summed E-state index contributed by atoms with van der Waals surface area (Å²) in [7, 11) is 0. The van der Waals surface area contributed by atoms with Crippen LogP contribution in [0, 0.1) is 6.92 Å². The quantitative estimate of drug-likeness (QED) is 0.663. The van der Waals surface area contributed by atoms with Gasteiger partial charge in [-0.2, -0.15) is 0 Å². The van der Waals surface area contributed by atoms with Gasteiger partial charge in [0, 0.05) is 18.3 Å². The van der Waals surface area contributed by atoms with E-state index in [1.165, 1.54) is 11.9 Å². The lowest BCUT2D eigenvalue weighted by Gasteiger charge is -2.09. The van der Waals surface area contributed by atoms with Crippen LogP contribution in [0.25, 0.3) is 0 Å². The average Bonchev–Trinajstić information content (AvgIpc) is 2.69. The Morgan fingerprint density at radius 1 is 1.04 bits per heavy atom. The van der Waals surface area contributed by atoms with Crippen LogP contribution in [0.15, 0.2) is 60.9 Å². The fraction of sp³-hybridized carbons (Fsp3) is 0.190. The Balaban J connectivity index is 1.61. The molecule has 6 heteroatoms. The summed E-state index contributed by atoms with van der Waals surface area (Å²) in [5, 5.41) is 6.04. The van der Waals surface area contributed by atoms with Gasteiger partial charge in [0.25, 0.3) is 5.91 Å². The van der Waals surface area contributed by atoms with E-state index >= 15 is 0 Å². The van der Waals surface area contributed by atoms with Gasteiger partial charge >= 0.3 is 0 Å². The molecule has 2 N–H and O–H groups in total. The van der Waals surface area contributed by atoms with E-state index in [9.17, 15) is 4.79 Å². The maximum absolute atomic E-state index is 12.4. The minimum atomic E-state index is -0.292. The molecule has 0 radical (unpaired) electrons. The first-order chi connectivity index (χ1) is 13.1. The Labute approximate surface area is 158 Å². The van der Waals surface area contributed by atoms with Crippen LogP contribution >= 0.6 is 0 Å². The molecule has 6 nitrogen and oxygen atoms in total. The molecule has 0 saturated heterocycles. The largest absolute Gasteiger partial charge is 0.494 e. The molecule has 0 unspecified atom stereocenters. The molecule has 1 aromatic heterocycles. The second-order valence-corrected chi connectivity index (χ2v) is 6.04. The molecule has 27 heavy (non-hydrogen) atoms. The molecule has 3 aromatic rings. The van der Waals surface area contributed by atoms with Crippen LogP contribution in [0.2, 0.25) is 0 Å². The number of carbonyl (C=O) groups excluding carboxylic acids is 1. The third-order valence-corrected chi connectivity index (χ3v) is 3.92. The highest BCUT2D eigenvalue weighted by Crippen LogP contribution is 2.16. The Morgan fingerprint density at radius 2 is 1.78 bits per heavy atom. The van der Waals surface area contributed by atoms with Gasteiger partial charge in [-0.15, -0.1) is 0 Å². The molecule has 1 amide bonds. The third kappa shape index (κ3) is 5.28. The van der Waals surface area contributed by atoms with Crippen molar-refractivity contribution in [2.24, 2.45) is 0 Å². The molecule has 0 spiro atoms. The molecule has 0 aliphatic heterocycles. The first-order valence-corrected chi connectivity index (χ1v) is 8.79. The first kappa shape index (κ1) is 18.4. The number of hydrogen-bond donors (Lipinski definition) is 2. The van der Waals surface area contributed by atoms with Crippen LogP contribution in [-0.4, -0.2) is 22.5 Å². The molecule has 138 valence electrons. The van der Waals surface area contributed by atoms with E-state index in [1.807, 2.05) is 19.1 Å². The van der Waals surface area contributed by atoms with Crippen molar-refractivity contribution >= 4 is 17.4 Å². The van der Waals surface area contributed by atoms with Crippen LogP contribution in [0.3, 0.4) is 0 Å². The van der Waals surface area contributed by atoms with Crippen LogP contribution in [0.4, 0.5) is 11.5 Å². The van der Waals surface area contributed by atoms with Crippen molar-refractivity contribution in [3.8, 4) is 5.75 Å². The smallest absolute Gasteiger partial charge is 0.274 e. The summed E-state index contributed by atoms with van der Waals surface area (Å²) in [4.78, 5) is 20.7. The summed E-state index contributed by atoms with van der Waals surface area (Å²) >= 11 is 0. The topological polar surface area (TPSA) is 76.1 Å².